The van der Waals surface area contributed by atoms with Gasteiger partial charge >= 0.3 is 0 Å². The lowest BCUT2D eigenvalue weighted by Crippen LogP contribution is -2.36. The quantitative estimate of drug-likeness (QED) is 0.811. The van der Waals surface area contributed by atoms with Crippen molar-refractivity contribution in [1.82, 2.24) is 0 Å². The molecule has 1 heterocycles. The molecule has 0 aromatic heterocycles. The van der Waals surface area contributed by atoms with Gasteiger partial charge in [-0.15, -0.1) is 0 Å². The molecule has 0 radical (unpaired) electrons. The van der Waals surface area contributed by atoms with Gasteiger partial charge in [0, 0.05) is 24.3 Å². The standard InChI is InChI=1S/C19H20Cl2N2O3/c1-2-26-18-6-3-13(11-16(18)21)19(24)22-14-4-5-17(15(20)12-14)23-7-9-25-10-8-23/h3-6,11-12H,2,7-10H2,1H3,(H,22,24). The fourth-order valence-corrected chi connectivity index (χ4v) is 3.30. The molecule has 1 aliphatic heterocycles. The number of benzene rings is 2. The zero-order valence-electron chi connectivity index (χ0n) is 14.4. The Hall–Kier alpha value is -1.95. The van der Waals surface area contributed by atoms with Gasteiger partial charge in [-0.2, -0.15) is 0 Å². The summed E-state index contributed by atoms with van der Waals surface area (Å²) in [5.41, 5.74) is 2.02. The maximum atomic E-state index is 12.5. The number of carbonyl (C=O) groups excluding carboxylic acids is 1. The number of anilines is 2. The smallest absolute Gasteiger partial charge is 0.255 e. The first-order valence-electron chi connectivity index (χ1n) is 8.44. The Morgan fingerprint density at radius 1 is 1.15 bits per heavy atom. The first kappa shape index (κ1) is 18.8. The van der Waals surface area contributed by atoms with E-state index in [2.05, 4.69) is 10.2 Å². The fourth-order valence-electron chi connectivity index (χ4n) is 2.76. The topological polar surface area (TPSA) is 50.8 Å². The normalized spacial score (nSPS) is 14.2. The van der Waals surface area contributed by atoms with Crippen molar-refractivity contribution in [2.45, 2.75) is 6.92 Å². The average molecular weight is 395 g/mol. The van der Waals surface area contributed by atoms with Gasteiger partial charge in [0.1, 0.15) is 5.75 Å². The fraction of sp³-hybridized carbons (Fsp3) is 0.316. The molecule has 138 valence electrons. The molecule has 7 heteroatoms. The largest absolute Gasteiger partial charge is 0.492 e. The van der Waals surface area contributed by atoms with Crippen LogP contribution in [0.5, 0.6) is 5.75 Å². The zero-order chi connectivity index (χ0) is 18.5. The molecule has 1 amide bonds. The first-order valence-corrected chi connectivity index (χ1v) is 9.20. The van der Waals surface area contributed by atoms with Crippen LogP contribution in [0.4, 0.5) is 11.4 Å². The minimum Gasteiger partial charge on any atom is -0.492 e. The highest BCUT2D eigenvalue weighted by molar-refractivity contribution is 6.34. The second-order valence-corrected chi connectivity index (χ2v) is 6.61. The van der Waals surface area contributed by atoms with Gasteiger partial charge in [0.05, 0.1) is 35.6 Å². The lowest BCUT2D eigenvalue weighted by atomic mass is 10.2. The Balaban J connectivity index is 1.71. The van der Waals surface area contributed by atoms with Crippen molar-refractivity contribution in [2.24, 2.45) is 0 Å². The van der Waals surface area contributed by atoms with Crippen LogP contribution in [0, 0.1) is 0 Å². The molecular weight excluding hydrogens is 375 g/mol. The summed E-state index contributed by atoms with van der Waals surface area (Å²) in [7, 11) is 0. The Morgan fingerprint density at radius 3 is 2.58 bits per heavy atom. The summed E-state index contributed by atoms with van der Waals surface area (Å²) in [4.78, 5) is 14.6. The molecule has 0 bridgehead atoms. The van der Waals surface area contributed by atoms with E-state index >= 15 is 0 Å². The lowest BCUT2D eigenvalue weighted by molar-refractivity contribution is 0.102. The predicted molar refractivity (Wildman–Crippen MR) is 105 cm³/mol. The number of nitrogens with one attached hydrogen (secondary N) is 1. The summed E-state index contributed by atoms with van der Waals surface area (Å²) in [6.07, 6.45) is 0. The van der Waals surface area contributed by atoms with E-state index in [9.17, 15) is 4.79 Å². The number of hydrogen-bond acceptors (Lipinski definition) is 4. The SMILES string of the molecule is CCOc1ccc(C(=O)Nc2ccc(N3CCOCC3)c(Cl)c2)cc1Cl. The Kier molecular flexibility index (Phi) is 6.25. The molecule has 0 atom stereocenters. The third-order valence-electron chi connectivity index (χ3n) is 4.05. The summed E-state index contributed by atoms with van der Waals surface area (Å²) in [6.45, 7) is 5.37. The van der Waals surface area contributed by atoms with E-state index in [0.29, 0.717) is 46.9 Å². The molecule has 0 unspecified atom stereocenters. The van der Waals surface area contributed by atoms with Crippen LogP contribution in [0.1, 0.15) is 17.3 Å². The van der Waals surface area contributed by atoms with Crippen LogP contribution in [0.25, 0.3) is 0 Å². The molecule has 5 nitrogen and oxygen atoms in total. The number of rotatable bonds is 5. The summed E-state index contributed by atoms with van der Waals surface area (Å²) in [5.74, 6) is 0.300. The molecule has 1 N–H and O–H groups in total. The summed E-state index contributed by atoms with van der Waals surface area (Å²) in [6, 6.07) is 10.5. The minimum atomic E-state index is -0.259. The van der Waals surface area contributed by atoms with Gasteiger partial charge < -0.3 is 19.7 Å². The summed E-state index contributed by atoms with van der Waals surface area (Å²) >= 11 is 12.5. The van der Waals surface area contributed by atoms with E-state index in [0.717, 1.165) is 18.8 Å². The molecule has 0 saturated carbocycles. The third-order valence-corrected chi connectivity index (χ3v) is 4.65. The molecule has 2 aromatic rings. The van der Waals surface area contributed by atoms with Crippen LogP contribution >= 0.6 is 23.2 Å². The number of hydrogen-bond donors (Lipinski definition) is 1. The summed E-state index contributed by atoms with van der Waals surface area (Å²) < 4.78 is 10.7. The van der Waals surface area contributed by atoms with Crippen LogP contribution in [0.3, 0.4) is 0 Å². The van der Waals surface area contributed by atoms with Crippen LogP contribution in [0.15, 0.2) is 36.4 Å². The van der Waals surface area contributed by atoms with E-state index in [1.165, 1.54) is 0 Å². The highest BCUT2D eigenvalue weighted by Crippen LogP contribution is 2.30. The van der Waals surface area contributed by atoms with E-state index in [1.54, 1.807) is 24.3 Å². The number of morpholine rings is 1. The van der Waals surface area contributed by atoms with Crippen LogP contribution in [0.2, 0.25) is 10.0 Å². The van der Waals surface area contributed by atoms with Crippen molar-refractivity contribution in [3.63, 3.8) is 0 Å². The molecule has 1 saturated heterocycles. The summed E-state index contributed by atoms with van der Waals surface area (Å²) in [5, 5.41) is 3.84. The van der Waals surface area contributed by atoms with Gasteiger partial charge in [-0.3, -0.25) is 4.79 Å². The Bertz CT molecular complexity index is 792. The second-order valence-electron chi connectivity index (χ2n) is 5.80. The molecule has 3 rings (SSSR count). The van der Waals surface area contributed by atoms with Crippen molar-refractivity contribution in [3.8, 4) is 5.75 Å². The number of carbonyl (C=O) groups is 1. The number of nitrogens with zero attached hydrogens (tertiary/aromatic N) is 1. The van der Waals surface area contributed by atoms with E-state index < -0.39 is 0 Å². The zero-order valence-corrected chi connectivity index (χ0v) is 15.9. The van der Waals surface area contributed by atoms with Crippen molar-refractivity contribution >= 4 is 40.5 Å². The highest BCUT2D eigenvalue weighted by atomic mass is 35.5. The second kappa shape index (κ2) is 8.62. The van der Waals surface area contributed by atoms with Gasteiger partial charge in [0.25, 0.3) is 5.91 Å². The van der Waals surface area contributed by atoms with Crippen molar-refractivity contribution in [2.75, 3.05) is 43.1 Å². The number of ether oxygens (including phenoxy) is 2. The van der Waals surface area contributed by atoms with Gasteiger partial charge in [-0.1, -0.05) is 23.2 Å². The maximum absolute atomic E-state index is 12.5. The molecule has 0 aliphatic carbocycles. The molecule has 0 spiro atoms. The Morgan fingerprint density at radius 2 is 1.92 bits per heavy atom. The van der Waals surface area contributed by atoms with Crippen molar-refractivity contribution < 1.29 is 14.3 Å². The molecule has 1 fully saturated rings. The average Bonchev–Trinajstić information content (AvgIpc) is 2.64. The van der Waals surface area contributed by atoms with Crippen LogP contribution in [-0.4, -0.2) is 38.8 Å². The Labute approximate surface area is 162 Å². The van der Waals surface area contributed by atoms with Gasteiger partial charge in [-0.05, 0) is 43.3 Å². The van der Waals surface area contributed by atoms with Crippen molar-refractivity contribution in [1.29, 1.82) is 0 Å². The molecular formula is C19H20Cl2N2O3. The van der Waals surface area contributed by atoms with Gasteiger partial charge in [-0.25, -0.2) is 0 Å². The van der Waals surface area contributed by atoms with E-state index in [-0.39, 0.29) is 5.91 Å². The monoisotopic (exact) mass is 394 g/mol. The maximum Gasteiger partial charge on any atom is 0.255 e. The van der Waals surface area contributed by atoms with Gasteiger partial charge in [0.15, 0.2) is 0 Å². The molecule has 1 aliphatic rings. The minimum absolute atomic E-state index is 0.259. The first-order chi connectivity index (χ1) is 12.6. The van der Waals surface area contributed by atoms with Gasteiger partial charge in [0.2, 0.25) is 0 Å². The molecule has 26 heavy (non-hydrogen) atoms. The third kappa shape index (κ3) is 4.41. The van der Waals surface area contributed by atoms with Crippen LogP contribution in [-0.2, 0) is 4.74 Å². The molecule has 2 aromatic carbocycles. The lowest BCUT2D eigenvalue weighted by Gasteiger charge is -2.29. The van der Waals surface area contributed by atoms with E-state index in [1.807, 2.05) is 19.1 Å². The van der Waals surface area contributed by atoms with Crippen LogP contribution < -0.4 is 15.0 Å². The highest BCUT2D eigenvalue weighted by Gasteiger charge is 2.15. The number of halogens is 2. The van der Waals surface area contributed by atoms with E-state index in [4.69, 9.17) is 32.7 Å². The predicted octanol–water partition coefficient (Wildman–Crippen LogP) is 4.48. The number of amides is 1. The van der Waals surface area contributed by atoms with Crippen molar-refractivity contribution in [3.05, 3.63) is 52.0 Å².